The number of aliphatic imine (C=N–C) groups is 1. The van der Waals surface area contributed by atoms with Crippen molar-refractivity contribution in [1.29, 1.82) is 0 Å². The average Bonchev–Trinajstić information content (AvgIpc) is 3.49. The molecular formula is C27H30IN5O. The van der Waals surface area contributed by atoms with E-state index in [2.05, 4.69) is 79.8 Å². The monoisotopic (exact) mass is 567 g/mol. The van der Waals surface area contributed by atoms with Crippen LogP contribution in [-0.4, -0.2) is 35.7 Å². The zero-order valence-electron chi connectivity index (χ0n) is 19.3. The fourth-order valence-corrected chi connectivity index (χ4v) is 4.22. The van der Waals surface area contributed by atoms with E-state index < -0.39 is 0 Å². The maximum absolute atomic E-state index is 5.59. The Morgan fingerprint density at radius 3 is 2.65 bits per heavy atom. The van der Waals surface area contributed by atoms with Crippen molar-refractivity contribution >= 4 is 41.0 Å². The van der Waals surface area contributed by atoms with Crippen molar-refractivity contribution in [2.75, 3.05) is 20.2 Å². The van der Waals surface area contributed by atoms with Gasteiger partial charge in [-0.15, -0.1) is 24.0 Å². The van der Waals surface area contributed by atoms with Crippen LogP contribution >= 0.6 is 24.0 Å². The van der Waals surface area contributed by atoms with Gasteiger partial charge in [0.15, 0.2) is 5.96 Å². The Balaban J connectivity index is 0.00000274. The summed E-state index contributed by atoms with van der Waals surface area (Å²) in [5, 5.41) is 6.82. The van der Waals surface area contributed by atoms with Gasteiger partial charge >= 0.3 is 0 Å². The highest BCUT2D eigenvalue weighted by molar-refractivity contribution is 14.0. The van der Waals surface area contributed by atoms with Crippen LogP contribution in [-0.2, 0) is 25.9 Å². The Morgan fingerprint density at radius 1 is 1.00 bits per heavy atom. The number of hydrogen-bond acceptors (Lipinski definition) is 3. The van der Waals surface area contributed by atoms with Gasteiger partial charge in [-0.1, -0.05) is 48.5 Å². The van der Waals surface area contributed by atoms with Crippen molar-refractivity contribution in [3.05, 3.63) is 95.3 Å². The van der Waals surface area contributed by atoms with Crippen LogP contribution in [0.25, 0.3) is 11.0 Å². The highest BCUT2D eigenvalue weighted by atomic mass is 127. The van der Waals surface area contributed by atoms with Crippen LogP contribution in [0.1, 0.15) is 22.3 Å². The number of hydrogen-bond donors (Lipinski definition) is 2. The first-order valence-corrected chi connectivity index (χ1v) is 11.5. The molecule has 5 rings (SSSR count). The molecule has 34 heavy (non-hydrogen) atoms. The molecule has 1 aliphatic heterocycles. The molecule has 0 bridgehead atoms. The van der Waals surface area contributed by atoms with E-state index in [1.807, 2.05) is 18.5 Å². The minimum absolute atomic E-state index is 0. The van der Waals surface area contributed by atoms with Gasteiger partial charge in [-0.3, -0.25) is 4.99 Å². The lowest BCUT2D eigenvalue weighted by molar-refractivity contribution is 0.357. The smallest absolute Gasteiger partial charge is 0.191 e. The van der Waals surface area contributed by atoms with Gasteiger partial charge in [0, 0.05) is 33.1 Å². The summed E-state index contributed by atoms with van der Waals surface area (Å²) < 4.78 is 7.77. The minimum atomic E-state index is 0. The highest BCUT2D eigenvalue weighted by Gasteiger charge is 2.11. The number of halogens is 1. The van der Waals surface area contributed by atoms with E-state index in [1.165, 1.54) is 22.3 Å². The Hall–Kier alpha value is -3.07. The van der Waals surface area contributed by atoms with Gasteiger partial charge in [-0.05, 0) is 46.9 Å². The van der Waals surface area contributed by atoms with Crippen molar-refractivity contribution in [3.8, 4) is 5.75 Å². The molecule has 0 atom stereocenters. The highest BCUT2D eigenvalue weighted by Crippen LogP contribution is 2.25. The molecule has 0 spiro atoms. The number of nitrogens with zero attached hydrogens (tertiary/aromatic N) is 3. The standard InChI is InChI=1S/C27H29N5O.HI/c1-28-27(29-14-12-20-10-11-26-23(16-20)13-15-33-26)30-17-21-6-8-22(9-7-21)18-32-19-31-24-4-2-3-5-25(24)32;/h2-11,16,19H,12-15,17-18H2,1H3,(H2,28,29,30);1H. The molecule has 1 aromatic heterocycles. The Kier molecular flexibility index (Phi) is 8.05. The SMILES string of the molecule is CN=C(NCCc1ccc2c(c1)CCO2)NCc1ccc(Cn2cnc3ccccc32)cc1.I. The van der Waals surface area contributed by atoms with Crippen LogP contribution in [0.15, 0.2) is 78.0 Å². The third-order valence-corrected chi connectivity index (χ3v) is 6.05. The van der Waals surface area contributed by atoms with E-state index in [-0.39, 0.29) is 24.0 Å². The summed E-state index contributed by atoms with van der Waals surface area (Å²) in [6.07, 6.45) is 3.87. The molecule has 0 amide bonds. The molecular weight excluding hydrogens is 537 g/mol. The number of guanidine groups is 1. The molecule has 0 saturated carbocycles. The van der Waals surface area contributed by atoms with Crippen molar-refractivity contribution in [2.24, 2.45) is 4.99 Å². The largest absolute Gasteiger partial charge is 0.493 e. The Bertz CT molecular complexity index is 1270. The van der Waals surface area contributed by atoms with E-state index >= 15 is 0 Å². The van der Waals surface area contributed by atoms with Gasteiger partial charge in [0.1, 0.15) is 5.75 Å². The summed E-state index contributed by atoms with van der Waals surface area (Å²) in [5.41, 5.74) is 7.30. The van der Waals surface area contributed by atoms with Crippen LogP contribution in [0.4, 0.5) is 0 Å². The Labute approximate surface area is 217 Å². The summed E-state index contributed by atoms with van der Waals surface area (Å²) in [7, 11) is 1.81. The number of rotatable bonds is 7. The molecule has 4 aromatic rings. The van der Waals surface area contributed by atoms with Gasteiger partial charge in [-0.2, -0.15) is 0 Å². The topological polar surface area (TPSA) is 63.5 Å². The van der Waals surface area contributed by atoms with Gasteiger partial charge in [0.2, 0.25) is 0 Å². The summed E-state index contributed by atoms with van der Waals surface area (Å²) in [6, 6.07) is 23.4. The van der Waals surface area contributed by atoms with Gasteiger partial charge in [-0.25, -0.2) is 4.98 Å². The molecule has 0 aliphatic carbocycles. The van der Waals surface area contributed by atoms with E-state index in [4.69, 9.17) is 4.74 Å². The predicted octanol–water partition coefficient (Wildman–Crippen LogP) is 4.55. The minimum Gasteiger partial charge on any atom is -0.493 e. The van der Waals surface area contributed by atoms with E-state index in [9.17, 15) is 0 Å². The first-order chi connectivity index (χ1) is 16.3. The van der Waals surface area contributed by atoms with Crippen LogP contribution in [0.2, 0.25) is 0 Å². The molecule has 1 aliphatic rings. The molecule has 6 nitrogen and oxygen atoms in total. The zero-order valence-corrected chi connectivity index (χ0v) is 21.7. The number of imidazole rings is 1. The lowest BCUT2D eigenvalue weighted by Crippen LogP contribution is -2.37. The lowest BCUT2D eigenvalue weighted by Gasteiger charge is -2.13. The molecule has 2 heterocycles. The maximum atomic E-state index is 5.59. The fraction of sp³-hybridized carbons (Fsp3) is 0.259. The lowest BCUT2D eigenvalue weighted by atomic mass is 10.1. The molecule has 0 fully saturated rings. The predicted molar refractivity (Wildman–Crippen MR) is 148 cm³/mol. The Morgan fingerprint density at radius 2 is 1.79 bits per heavy atom. The summed E-state index contributed by atoms with van der Waals surface area (Å²) in [6.45, 7) is 3.17. The second kappa shape index (κ2) is 11.4. The molecule has 7 heteroatoms. The second-order valence-electron chi connectivity index (χ2n) is 8.32. The number of nitrogens with one attached hydrogen (secondary N) is 2. The summed E-state index contributed by atoms with van der Waals surface area (Å²) >= 11 is 0. The number of fused-ring (bicyclic) bond motifs is 2. The van der Waals surface area contributed by atoms with Crippen molar-refractivity contribution < 1.29 is 4.74 Å². The molecule has 3 aromatic carbocycles. The molecule has 2 N–H and O–H groups in total. The van der Waals surface area contributed by atoms with Gasteiger partial charge < -0.3 is 19.9 Å². The molecule has 0 radical (unpaired) electrons. The maximum Gasteiger partial charge on any atom is 0.191 e. The number of ether oxygens (including phenoxy) is 1. The second-order valence-corrected chi connectivity index (χ2v) is 8.32. The third-order valence-electron chi connectivity index (χ3n) is 6.05. The normalized spacial score (nSPS) is 12.7. The van der Waals surface area contributed by atoms with E-state index in [0.717, 1.165) is 61.8 Å². The van der Waals surface area contributed by atoms with Crippen LogP contribution in [0.5, 0.6) is 5.75 Å². The molecule has 0 saturated heterocycles. The third kappa shape index (κ3) is 5.70. The average molecular weight is 567 g/mol. The first-order valence-electron chi connectivity index (χ1n) is 11.5. The summed E-state index contributed by atoms with van der Waals surface area (Å²) in [5.74, 6) is 1.85. The zero-order chi connectivity index (χ0) is 22.5. The summed E-state index contributed by atoms with van der Waals surface area (Å²) in [4.78, 5) is 8.83. The van der Waals surface area contributed by atoms with E-state index in [0.29, 0.717) is 0 Å². The van der Waals surface area contributed by atoms with Crippen LogP contribution in [0, 0.1) is 0 Å². The van der Waals surface area contributed by atoms with Crippen molar-refractivity contribution in [2.45, 2.75) is 25.9 Å². The quantitative estimate of drug-likeness (QED) is 0.196. The molecule has 0 unspecified atom stereocenters. The van der Waals surface area contributed by atoms with Crippen LogP contribution < -0.4 is 15.4 Å². The first kappa shape index (κ1) is 24.1. The van der Waals surface area contributed by atoms with Gasteiger partial charge in [0.05, 0.1) is 24.0 Å². The molecule has 176 valence electrons. The van der Waals surface area contributed by atoms with E-state index in [1.54, 1.807) is 7.05 Å². The number of aromatic nitrogens is 2. The number of para-hydroxylation sites is 2. The fourth-order valence-electron chi connectivity index (χ4n) is 4.22. The van der Waals surface area contributed by atoms with Crippen molar-refractivity contribution in [1.82, 2.24) is 20.2 Å². The number of benzene rings is 3. The van der Waals surface area contributed by atoms with Crippen LogP contribution in [0.3, 0.4) is 0 Å². The van der Waals surface area contributed by atoms with Crippen molar-refractivity contribution in [3.63, 3.8) is 0 Å². The van der Waals surface area contributed by atoms with Gasteiger partial charge in [0.25, 0.3) is 0 Å².